The lowest BCUT2D eigenvalue weighted by atomic mass is 9.78. The Morgan fingerprint density at radius 3 is 2.67 bits per heavy atom. The van der Waals surface area contributed by atoms with Gasteiger partial charge in [-0.05, 0) is 56.3 Å². The third-order valence-electron chi connectivity index (χ3n) is 5.14. The van der Waals surface area contributed by atoms with Crippen LogP contribution < -0.4 is 5.32 Å². The van der Waals surface area contributed by atoms with Crippen molar-refractivity contribution in [3.63, 3.8) is 0 Å². The second kappa shape index (κ2) is 7.26. The van der Waals surface area contributed by atoms with E-state index in [1.165, 1.54) is 50.6 Å². The molecule has 116 valence electrons. The molecule has 1 aliphatic carbocycles. The maximum Gasteiger partial charge on any atom is 0.0231 e. The van der Waals surface area contributed by atoms with Crippen molar-refractivity contribution in [2.45, 2.75) is 57.2 Å². The Labute approximate surface area is 137 Å². The minimum atomic E-state index is 0.685. The molecule has 1 aromatic carbocycles. The van der Waals surface area contributed by atoms with Crippen LogP contribution >= 0.6 is 15.9 Å². The quantitative estimate of drug-likeness (QED) is 0.875. The minimum Gasteiger partial charge on any atom is -0.310 e. The van der Waals surface area contributed by atoms with Gasteiger partial charge in [0.2, 0.25) is 0 Å². The van der Waals surface area contributed by atoms with Crippen LogP contribution in [0.5, 0.6) is 0 Å². The molecule has 3 unspecified atom stereocenters. The van der Waals surface area contributed by atoms with Crippen molar-refractivity contribution in [1.82, 2.24) is 10.2 Å². The monoisotopic (exact) mass is 350 g/mol. The van der Waals surface area contributed by atoms with Crippen LogP contribution in [0, 0.1) is 5.92 Å². The predicted octanol–water partition coefficient (Wildman–Crippen LogP) is 4.19. The molecule has 0 amide bonds. The lowest BCUT2D eigenvalue weighted by molar-refractivity contribution is 0.151. The third kappa shape index (κ3) is 4.30. The van der Waals surface area contributed by atoms with Gasteiger partial charge in [0.05, 0.1) is 0 Å². The smallest absolute Gasteiger partial charge is 0.0231 e. The zero-order valence-corrected chi connectivity index (χ0v) is 14.6. The van der Waals surface area contributed by atoms with Crippen molar-refractivity contribution in [2.24, 2.45) is 5.92 Å². The maximum atomic E-state index is 3.93. The SMILES string of the molecule is CN(Cc1ccc(Br)cc1)CC1CCC2CCCCC2N1. The van der Waals surface area contributed by atoms with Crippen LogP contribution in [0.3, 0.4) is 0 Å². The Hall–Kier alpha value is -0.380. The van der Waals surface area contributed by atoms with Gasteiger partial charge in [-0.2, -0.15) is 0 Å². The molecule has 2 aliphatic rings. The average Bonchev–Trinajstić information content (AvgIpc) is 2.49. The molecule has 1 saturated carbocycles. The Morgan fingerprint density at radius 2 is 1.86 bits per heavy atom. The molecule has 0 radical (unpaired) electrons. The molecule has 0 bridgehead atoms. The largest absolute Gasteiger partial charge is 0.310 e. The molecule has 3 heteroatoms. The van der Waals surface area contributed by atoms with Gasteiger partial charge in [-0.3, -0.25) is 0 Å². The summed E-state index contributed by atoms with van der Waals surface area (Å²) in [5, 5.41) is 3.93. The van der Waals surface area contributed by atoms with Gasteiger partial charge in [-0.15, -0.1) is 0 Å². The first-order valence-electron chi connectivity index (χ1n) is 8.40. The van der Waals surface area contributed by atoms with E-state index in [-0.39, 0.29) is 0 Å². The molecule has 1 saturated heterocycles. The molecule has 2 nitrogen and oxygen atoms in total. The van der Waals surface area contributed by atoms with Crippen LogP contribution in [0.1, 0.15) is 44.1 Å². The maximum absolute atomic E-state index is 3.93. The summed E-state index contributed by atoms with van der Waals surface area (Å²) in [5.41, 5.74) is 1.40. The predicted molar refractivity (Wildman–Crippen MR) is 92.4 cm³/mol. The van der Waals surface area contributed by atoms with Crippen molar-refractivity contribution in [2.75, 3.05) is 13.6 Å². The molecule has 2 fully saturated rings. The van der Waals surface area contributed by atoms with Gasteiger partial charge < -0.3 is 10.2 Å². The van der Waals surface area contributed by atoms with Crippen molar-refractivity contribution < 1.29 is 0 Å². The first-order valence-corrected chi connectivity index (χ1v) is 9.19. The summed E-state index contributed by atoms with van der Waals surface area (Å²) in [4.78, 5) is 2.46. The van der Waals surface area contributed by atoms with Crippen LogP contribution in [0.2, 0.25) is 0 Å². The Kier molecular flexibility index (Phi) is 5.36. The summed E-state index contributed by atoms with van der Waals surface area (Å²) in [6.07, 6.45) is 8.53. The lowest BCUT2D eigenvalue weighted by Gasteiger charge is -2.41. The first kappa shape index (κ1) is 15.5. The van der Waals surface area contributed by atoms with Crippen molar-refractivity contribution in [1.29, 1.82) is 0 Å². The summed E-state index contributed by atoms with van der Waals surface area (Å²) in [6.45, 7) is 2.21. The van der Waals surface area contributed by atoms with Crippen LogP contribution in [-0.2, 0) is 6.54 Å². The normalized spacial score (nSPS) is 29.4. The van der Waals surface area contributed by atoms with Crippen molar-refractivity contribution in [3.05, 3.63) is 34.3 Å². The second-order valence-corrected chi connectivity index (χ2v) is 7.83. The zero-order valence-electron chi connectivity index (χ0n) is 13.0. The van der Waals surface area contributed by atoms with E-state index in [9.17, 15) is 0 Å². The highest BCUT2D eigenvalue weighted by molar-refractivity contribution is 9.10. The number of piperidine rings is 1. The summed E-state index contributed by atoms with van der Waals surface area (Å²) < 4.78 is 1.16. The van der Waals surface area contributed by atoms with E-state index in [0.29, 0.717) is 6.04 Å². The Morgan fingerprint density at radius 1 is 1.10 bits per heavy atom. The molecule has 1 aliphatic heterocycles. The first-order chi connectivity index (χ1) is 10.2. The molecule has 21 heavy (non-hydrogen) atoms. The fourth-order valence-corrected chi connectivity index (χ4v) is 4.32. The van der Waals surface area contributed by atoms with E-state index in [1.54, 1.807) is 0 Å². The molecule has 1 aromatic rings. The molecule has 3 atom stereocenters. The number of nitrogens with one attached hydrogen (secondary N) is 1. The minimum absolute atomic E-state index is 0.685. The Balaban J connectivity index is 1.48. The van der Waals surface area contributed by atoms with Gasteiger partial charge in [0.15, 0.2) is 0 Å². The fraction of sp³-hybridized carbons (Fsp3) is 0.667. The summed E-state index contributed by atoms with van der Waals surface area (Å²) in [5.74, 6) is 0.965. The number of halogens is 1. The van der Waals surface area contributed by atoms with Gasteiger partial charge >= 0.3 is 0 Å². The van der Waals surface area contributed by atoms with Crippen LogP contribution in [0.15, 0.2) is 28.7 Å². The Bertz CT molecular complexity index is 445. The number of rotatable bonds is 4. The van der Waals surface area contributed by atoms with E-state index < -0.39 is 0 Å². The lowest BCUT2D eigenvalue weighted by Crippen LogP contribution is -2.52. The summed E-state index contributed by atoms with van der Waals surface area (Å²) >= 11 is 3.50. The van der Waals surface area contributed by atoms with E-state index in [1.807, 2.05) is 0 Å². The number of hydrogen-bond donors (Lipinski definition) is 1. The highest BCUT2D eigenvalue weighted by Gasteiger charge is 2.31. The summed E-state index contributed by atoms with van der Waals surface area (Å²) in [6, 6.07) is 10.2. The standard InChI is InChI=1S/C18H27BrN2/c1-21(12-14-6-9-16(19)10-7-14)13-17-11-8-15-4-2-3-5-18(15)20-17/h6-7,9-10,15,17-18,20H,2-5,8,11-13H2,1H3. The van der Waals surface area contributed by atoms with E-state index in [4.69, 9.17) is 0 Å². The molecular weight excluding hydrogens is 324 g/mol. The number of fused-ring (bicyclic) bond motifs is 1. The van der Waals surface area contributed by atoms with Crippen LogP contribution in [-0.4, -0.2) is 30.6 Å². The topological polar surface area (TPSA) is 15.3 Å². The van der Waals surface area contributed by atoms with Crippen LogP contribution in [0.25, 0.3) is 0 Å². The summed E-state index contributed by atoms with van der Waals surface area (Å²) in [7, 11) is 2.25. The highest BCUT2D eigenvalue weighted by atomic mass is 79.9. The second-order valence-electron chi connectivity index (χ2n) is 6.92. The number of nitrogens with zero attached hydrogens (tertiary/aromatic N) is 1. The molecule has 0 spiro atoms. The molecule has 1 heterocycles. The van der Waals surface area contributed by atoms with Gasteiger partial charge in [0.25, 0.3) is 0 Å². The fourth-order valence-electron chi connectivity index (χ4n) is 4.06. The van der Waals surface area contributed by atoms with Gasteiger partial charge in [-0.1, -0.05) is 40.9 Å². The van der Waals surface area contributed by atoms with Crippen LogP contribution in [0.4, 0.5) is 0 Å². The third-order valence-corrected chi connectivity index (χ3v) is 5.67. The van der Waals surface area contributed by atoms with Gasteiger partial charge in [-0.25, -0.2) is 0 Å². The number of benzene rings is 1. The molecule has 0 aromatic heterocycles. The molecule has 1 N–H and O–H groups in total. The zero-order chi connectivity index (χ0) is 14.7. The van der Waals surface area contributed by atoms with Gasteiger partial charge in [0.1, 0.15) is 0 Å². The van der Waals surface area contributed by atoms with E-state index >= 15 is 0 Å². The molecular formula is C18H27BrN2. The number of likely N-dealkylation sites (N-methyl/N-ethyl adjacent to an activating group) is 1. The molecule has 3 rings (SSSR count). The van der Waals surface area contributed by atoms with E-state index in [0.717, 1.165) is 23.0 Å². The van der Waals surface area contributed by atoms with Gasteiger partial charge in [0, 0.05) is 29.6 Å². The van der Waals surface area contributed by atoms with Crippen molar-refractivity contribution >= 4 is 15.9 Å². The average molecular weight is 351 g/mol. The highest BCUT2D eigenvalue weighted by Crippen LogP contribution is 2.32. The number of hydrogen-bond acceptors (Lipinski definition) is 2. The van der Waals surface area contributed by atoms with E-state index in [2.05, 4.69) is 57.5 Å². The van der Waals surface area contributed by atoms with Crippen molar-refractivity contribution in [3.8, 4) is 0 Å².